The Morgan fingerprint density at radius 1 is 1.47 bits per heavy atom. The first-order valence-electron chi connectivity index (χ1n) is 6.40. The lowest BCUT2D eigenvalue weighted by atomic mass is 9.73. The fourth-order valence-corrected chi connectivity index (χ4v) is 3.00. The molecule has 0 saturated heterocycles. The Balaban J connectivity index is 2.17. The highest BCUT2D eigenvalue weighted by molar-refractivity contribution is 9.10. The van der Waals surface area contributed by atoms with Crippen LogP contribution in [0.4, 0.5) is 5.69 Å². The first-order chi connectivity index (χ1) is 9.07. The fraction of sp³-hybridized carbons (Fsp3) is 0.538. The number of nitrogens with zero attached hydrogens (tertiary/aromatic N) is 1. The SMILES string of the molecule is NCC1(C(=O)Nc2cc(Br)cnc2Cl)CCCCC1. The molecule has 1 saturated carbocycles. The number of nitrogens with two attached hydrogens (primary N) is 1. The van der Waals surface area contributed by atoms with Gasteiger partial charge in [0.05, 0.1) is 11.1 Å². The molecule has 0 spiro atoms. The molecule has 4 nitrogen and oxygen atoms in total. The predicted octanol–water partition coefficient (Wildman–Crippen LogP) is 3.35. The van der Waals surface area contributed by atoms with E-state index in [0.29, 0.717) is 17.4 Å². The highest BCUT2D eigenvalue weighted by Gasteiger charge is 2.38. The molecule has 0 aromatic carbocycles. The van der Waals surface area contributed by atoms with Gasteiger partial charge in [0.2, 0.25) is 5.91 Å². The van der Waals surface area contributed by atoms with E-state index < -0.39 is 5.41 Å². The lowest BCUT2D eigenvalue weighted by molar-refractivity contribution is -0.126. The van der Waals surface area contributed by atoms with E-state index >= 15 is 0 Å². The topological polar surface area (TPSA) is 68.0 Å². The van der Waals surface area contributed by atoms with Gasteiger partial charge in [0, 0.05) is 17.2 Å². The third-order valence-electron chi connectivity index (χ3n) is 3.74. The minimum absolute atomic E-state index is 0.0449. The number of carbonyl (C=O) groups excluding carboxylic acids is 1. The van der Waals surface area contributed by atoms with E-state index in [1.807, 2.05) is 0 Å². The average molecular weight is 347 g/mol. The molecule has 1 aromatic heterocycles. The van der Waals surface area contributed by atoms with Gasteiger partial charge in [-0.25, -0.2) is 4.98 Å². The van der Waals surface area contributed by atoms with Gasteiger partial charge < -0.3 is 11.1 Å². The normalized spacial score (nSPS) is 18.1. The molecule has 1 heterocycles. The molecule has 1 amide bonds. The number of halogens is 2. The minimum atomic E-state index is -0.454. The number of hydrogen-bond donors (Lipinski definition) is 2. The molecule has 0 radical (unpaired) electrons. The van der Waals surface area contributed by atoms with E-state index in [1.54, 1.807) is 12.3 Å². The lowest BCUT2D eigenvalue weighted by Crippen LogP contribution is -2.43. The first-order valence-corrected chi connectivity index (χ1v) is 7.57. The van der Waals surface area contributed by atoms with E-state index in [0.717, 1.165) is 30.2 Å². The smallest absolute Gasteiger partial charge is 0.231 e. The van der Waals surface area contributed by atoms with Crippen LogP contribution in [0.2, 0.25) is 5.15 Å². The number of anilines is 1. The molecule has 6 heteroatoms. The summed E-state index contributed by atoms with van der Waals surface area (Å²) in [4.78, 5) is 16.5. The number of carbonyl (C=O) groups is 1. The van der Waals surface area contributed by atoms with Gasteiger partial charge in [0.15, 0.2) is 5.15 Å². The van der Waals surface area contributed by atoms with Crippen molar-refractivity contribution in [2.45, 2.75) is 32.1 Å². The summed E-state index contributed by atoms with van der Waals surface area (Å²) in [7, 11) is 0. The van der Waals surface area contributed by atoms with Crippen molar-refractivity contribution in [1.82, 2.24) is 4.98 Å². The third kappa shape index (κ3) is 3.27. The van der Waals surface area contributed by atoms with Crippen molar-refractivity contribution in [2.24, 2.45) is 11.1 Å². The van der Waals surface area contributed by atoms with Gasteiger partial charge in [0.25, 0.3) is 0 Å². The zero-order valence-corrected chi connectivity index (χ0v) is 12.9. The second-order valence-electron chi connectivity index (χ2n) is 4.99. The predicted molar refractivity (Wildman–Crippen MR) is 80.1 cm³/mol. The van der Waals surface area contributed by atoms with Gasteiger partial charge in [0.1, 0.15) is 0 Å². The Labute approximate surface area is 126 Å². The molecule has 19 heavy (non-hydrogen) atoms. The quantitative estimate of drug-likeness (QED) is 0.825. The number of hydrogen-bond acceptors (Lipinski definition) is 3. The van der Waals surface area contributed by atoms with Gasteiger partial charge in [-0.15, -0.1) is 0 Å². The molecule has 0 unspecified atom stereocenters. The molecule has 1 aliphatic rings. The van der Waals surface area contributed by atoms with E-state index in [-0.39, 0.29) is 5.91 Å². The molecule has 104 valence electrons. The van der Waals surface area contributed by atoms with Gasteiger partial charge in [-0.1, -0.05) is 30.9 Å². The maximum absolute atomic E-state index is 12.5. The van der Waals surface area contributed by atoms with Crippen LogP contribution < -0.4 is 11.1 Å². The van der Waals surface area contributed by atoms with Crippen molar-refractivity contribution in [3.8, 4) is 0 Å². The Hall–Kier alpha value is -0.650. The van der Waals surface area contributed by atoms with Crippen molar-refractivity contribution in [3.05, 3.63) is 21.9 Å². The summed E-state index contributed by atoms with van der Waals surface area (Å²) in [6.45, 7) is 0.373. The monoisotopic (exact) mass is 345 g/mol. The lowest BCUT2D eigenvalue weighted by Gasteiger charge is -2.34. The molecule has 0 bridgehead atoms. The van der Waals surface area contributed by atoms with Crippen LogP contribution in [0.5, 0.6) is 0 Å². The molecule has 2 rings (SSSR count). The van der Waals surface area contributed by atoms with Crippen LogP contribution in [-0.4, -0.2) is 17.4 Å². The Kier molecular flexibility index (Phi) is 4.81. The number of nitrogens with one attached hydrogen (secondary N) is 1. The van der Waals surface area contributed by atoms with Crippen LogP contribution in [0.15, 0.2) is 16.7 Å². The summed E-state index contributed by atoms with van der Waals surface area (Å²) in [5, 5.41) is 3.16. The van der Waals surface area contributed by atoms with Crippen molar-refractivity contribution in [3.63, 3.8) is 0 Å². The Morgan fingerprint density at radius 3 is 2.79 bits per heavy atom. The molecule has 0 aliphatic heterocycles. The standard InChI is InChI=1S/C13H17BrClN3O/c14-9-6-10(11(15)17-7-9)18-12(19)13(8-16)4-2-1-3-5-13/h6-7H,1-5,8,16H2,(H,18,19). The van der Waals surface area contributed by atoms with Crippen LogP contribution in [-0.2, 0) is 4.79 Å². The maximum atomic E-state index is 12.5. The molecule has 1 aromatic rings. The Bertz CT molecular complexity index is 475. The zero-order valence-electron chi connectivity index (χ0n) is 10.6. The highest BCUT2D eigenvalue weighted by atomic mass is 79.9. The molecule has 1 fully saturated rings. The van der Waals surface area contributed by atoms with Gasteiger partial charge >= 0.3 is 0 Å². The number of amides is 1. The van der Waals surface area contributed by atoms with Crippen molar-refractivity contribution in [1.29, 1.82) is 0 Å². The van der Waals surface area contributed by atoms with E-state index in [9.17, 15) is 4.79 Å². The zero-order chi connectivity index (χ0) is 13.9. The largest absolute Gasteiger partial charge is 0.329 e. The van der Waals surface area contributed by atoms with Gasteiger partial charge in [-0.05, 0) is 34.8 Å². The number of pyridine rings is 1. The van der Waals surface area contributed by atoms with Crippen LogP contribution in [0.1, 0.15) is 32.1 Å². The van der Waals surface area contributed by atoms with Gasteiger partial charge in [-0.2, -0.15) is 0 Å². The number of aromatic nitrogens is 1. The summed E-state index contributed by atoms with van der Waals surface area (Å²) in [6.07, 6.45) is 6.55. The molecule has 0 atom stereocenters. The minimum Gasteiger partial charge on any atom is -0.329 e. The summed E-state index contributed by atoms with van der Waals surface area (Å²) in [5.74, 6) is -0.0449. The second-order valence-corrected chi connectivity index (χ2v) is 6.26. The third-order valence-corrected chi connectivity index (χ3v) is 4.47. The van der Waals surface area contributed by atoms with Gasteiger partial charge in [-0.3, -0.25) is 4.79 Å². The molecular weight excluding hydrogens is 330 g/mol. The molecular formula is C13H17BrClN3O. The summed E-state index contributed by atoms with van der Waals surface area (Å²) < 4.78 is 0.776. The van der Waals surface area contributed by atoms with Crippen LogP contribution in [0.3, 0.4) is 0 Å². The maximum Gasteiger partial charge on any atom is 0.231 e. The van der Waals surface area contributed by atoms with E-state index in [2.05, 4.69) is 26.2 Å². The van der Waals surface area contributed by atoms with Crippen molar-refractivity contribution < 1.29 is 4.79 Å². The van der Waals surface area contributed by atoms with E-state index in [4.69, 9.17) is 17.3 Å². The summed E-state index contributed by atoms with van der Waals surface area (Å²) in [5.41, 5.74) is 5.91. The molecule has 1 aliphatic carbocycles. The molecule has 3 N–H and O–H groups in total. The first kappa shape index (κ1) is 14.8. The number of rotatable bonds is 3. The fourth-order valence-electron chi connectivity index (χ4n) is 2.52. The highest BCUT2D eigenvalue weighted by Crippen LogP contribution is 2.37. The Morgan fingerprint density at radius 2 is 2.16 bits per heavy atom. The second kappa shape index (κ2) is 6.20. The van der Waals surface area contributed by atoms with Crippen molar-refractivity contribution in [2.75, 3.05) is 11.9 Å². The van der Waals surface area contributed by atoms with Crippen LogP contribution in [0, 0.1) is 5.41 Å². The average Bonchev–Trinajstić information content (AvgIpc) is 2.43. The summed E-state index contributed by atoms with van der Waals surface area (Å²) in [6, 6.07) is 1.75. The van der Waals surface area contributed by atoms with Crippen molar-refractivity contribution >= 4 is 39.1 Å². The summed E-state index contributed by atoms with van der Waals surface area (Å²) >= 11 is 9.31. The van der Waals surface area contributed by atoms with Crippen LogP contribution in [0.25, 0.3) is 0 Å². The van der Waals surface area contributed by atoms with Crippen LogP contribution >= 0.6 is 27.5 Å². The van der Waals surface area contributed by atoms with E-state index in [1.165, 1.54) is 6.42 Å².